The lowest BCUT2D eigenvalue weighted by atomic mass is 10.2. The third kappa shape index (κ3) is 3.21. The average molecular weight is 296 g/mol. The molecule has 20 heavy (non-hydrogen) atoms. The van der Waals surface area contributed by atoms with E-state index in [1.807, 2.05) is 0 Å². The molecule has 2 aromatic rings. The third-order valence-electron chi connectivity index (χ3n) is 2.71. The van der Waals surface area contributed by atoms with Gasteiger partial charge in [-0.3, -0.25) is 10.1 Å². The van der Waals surface area contributed by atoms with E-state index >= 15 is 0 Å². The average Bonchev–Trinajstić information content (AvgIpc) is 2.40. The van der Waals surface area contributed by atoms with E-state index < -0.39 is 10.7 Å². The van der Waals surface area contributed by atoms with E-state index in [9.17, 15) is 14.5 Å². The van der Waals surface area contributed by atoms with E-state index in [1.165, 1.54) is 24.3 Å². The fraction of sp³-hybridized carbons (Fsp3) is 0.154. The van der Waals surface area contributed by atoms with Crippen LogP contribution in [0.5, 0.6) is 0 Å². The van der Waals surface area contributed by atoms with Crippen molar-refractivity contribution < 1.29 is 9.31 Å². The lowest BCUT2D eigenvalue weighted by Crippen LogP contribution is -2.03. The first-order valence-corrected chi connectivity index (χ1v) is 6.15. The van der Waals surface area contributed by atoms with Crippen LogP contribution < -0.4 is 5.32 Å². The molecule has 0 amide bonds. The highest BCUT2D eigenvalue weighted by Crippen LogP contribution is 2.19. The van der Waals surface area contributed by atoms with Crippen LogP contribution in [0.4, 0.5) is 15.9 Å². The predicted molar refractivity (Wildman–Crippen MR) is 74.4 cm³/mol. The third-order valence-corrected chi connectivity index (χ3v) is 3.00. The second kappa shape index (κ2) is 5.83. The van der Waals surface area contributed by atoms with Gasteiger partial charge >= 0.3 is 0 Å². The van der Waals surface area contributed by atoms with Crippen LogP contribution in [0, 0.1) is 22.9 Å². The fourth-order valence-corrected chi connectivity index (χ4v) is 1.89. The zero-order valence-corrected chi connectivity index (χ0v) is 11.3. The van der Waals surface area contributed by atoms with Gasteiger partial charge in [0.15, 0.2) is 0 Å². The second-order valence-corrected chi connectivity index (χ2v) is 4.57. The zero-order chi connectivity index (χ0) is 14.7. The number of aromatic nitrogens is 1. The maximum absolute atomic E-state index is 13.0. The molecule has 1 heterocycles. The quantitative estimate of drug-likeness (QED) is 0.690. The molecule has 0 unspecified atom stereocenters. The summed E-state index contributed by atoms with van der Waals surface area (Å²) in [7, 11) is 0. The molecular weight excluding hydrogens is 285 g/mol. The van der Waals surface area contributed by atoms with Crippen molar-refractivity contribution in [3.63, 3.8) is 0 Å². The molecule has 0 atom stereocenters. The van der Waals surface area contributed by atoms with Crippen LogP contribution in [0.1, 0.15) is 11.3 Å². The number of aryl methyl sites for hydroxylation is 1. The fourth-order valence-electron chi connectivity index (χ4n) is 1.69. The van der Waals surface area contributed by atoms with Crippen molar-refractivity contribution in [3.8, 4) is 0 Å². The summed E-state index contributed by atoms with van der Waals surface area (Å²) in [6.45, 7) is 1.96. The number of nitrogens with one attached hydrogen (secondary N) is 1. The summed E-state index contributed by atoms with van der Waals surface area (Å²) >= 11 is 5.68. The number of rotatable bonds is 4. The van der Waals surface area contributed by atoms with Gasteiger partial charge in [-0.1, -0.05) is 17.7 Å². The summed E-state index contributed by atoms with van der Waals surface area (Å²) in [5, 5.41) is 13.7. The topological polar surface area (TPSA) is 68.1 Å². The normalized spacial score (nSPS) is 10.3. The van der Waals surface area contributed by atoms with Crippen LogP contribution in [-0.2, 0) is 6.54 Å². The molecule has 0 radical (unpaired) electrons. The minimum absolute atomic E-state index is 0.0274. The summed E-state index contributed by atoms with van der Waals surface area (Å²) in [4.78, 5) is 14.3. The van der Waals surface area contributed by atoms with E-state index in [4.69, 9.17) is 11.6 Å². The molecule has 104 valence electrons. The molecule has 1 aromatic carbocycles. The van der Waals surface area contributed by atoms with Crippen molar-refractivity contribution >= 4 is 23.1 Å². The van der Waals surface area contributed by atoms with Crippen molar-refractivity contribution in [2.24, 2.45) is 0 Å². The van der Waals surface area contributed by atoms with Gasteiger partial charge in [0, 0.05) is 12.6 Å². The number of anilines is 1. The molecule has 2 rings (SSSR count). The maximum atomic E-state index is 13.0. The lowest BCUT2D eigenvalue weighted by molar-refractivity contribution is -0.385. The van der Waals surface area contributed by atoms with Crippen molar-refractivity contribution in [1.82, 2.24) is 4.98 Å². The largest absolute Gasteiger partial charge is 0.366 e. The van der Waals surface area contributed by atoms with Gasteiger partial charge < -0.3 is 5.32 Å². The molecule has 0 aliphatic rings. The molecule has 0 saturated carbocycles. The standard InChI is InChI=1S/C13H11ClFN3O2/c1-8-12(18(19)20)4-5-13(17-8)16-7-9-2-3-11(15)10(14)6-9/h2-6H,7H2,1H3,(H,16,17). The molecule has 0 spiro atoms. The highest BCUT2D eigenvalue weighted by atomic mass is 35.5. The van der Waals surface area contributed by atoms with Crippen molar-refractivity contribution in [3.05, 3.63) is 62.5 Å². The van der Waals surface area contributed by atoms with Gasteiger partial charge in [-0.05, 0) is 30.7 Å². The first-order chi connectivity index (χ1) is 9.47. The molecule has 1 N–H and O–H groups in total. The summed E-state index contributed by atoms with van der Waals surface area (Å²) in [6.07, 6.45) is 0. The van der Waals surface area contributed by atoms with Gasteiger partial charge in [0.25, 0.3) is 5.69 Å². The van der Waals surface area contributed by atoms with E-state index in [1.54, 1.807) is 13.0 Å². The van der Waals surface area contributed by atoms with Crippen LogP contribution >= 0.6 is 11.6 Å². The van der Waals surface area contributed by atoms with Crippen LogP contribution in [-0.4, -0.2) is 9.91 Å². The highest BCUT2D eigenvalue weighted by molar-refractivity contribution is 6.30. The summed E-state index contributed by atoms with van der Waals surface area (Å²) < 4.78 is 13.0. The number of halogens is 2. The van der Waals surface area contributed by atoms with Crippen LogP contribution in [0.15, 0.2) is 30.3 Å². The number of pyridine rings is 1. The number of hydrogen-bond donors (Lipinski definition) is 1. The van der Waals surface area contributed by atoms with Gasteiger partial charge in [0.1, 0.15) is 17.3 Å². The first kappa shape index (κ1) is 14.2. The van der Waals surface area contributed by atoms with E-state index in [0.717, 1.165) is 5.56 Å². The molecular formula is C13H11ClFN3O2. The Hall–Kier alpha value is -2.21. The predicted octanol–water partition coefficient (Wildman–Crippen LogP) is 3.70. The number of hydrogen-bond acceptors (Lipinski definition) is 4. The van der Waals surface area contributed by atoms with Crippen molar-refractivity contribution in [1.29, 1.82) is 0 Å². The molecule has 0 aliphatic carbocycles. The molecule has 0 bridgehead atoms. The Morgan fingerprint density at radius 1 is 1.40 bits per heavy atom. The van der Waals surface area contributed by atoms with Gasteiger partial charge in [-0.25, -0.2) is 9.37 Å². The van der Waals surface area contributed by atoms with E-state index in [-0.39, 0.29) is 10.7 Å². The van der Waals surface area contributed by atoms with Gasteiger partial charge in [0.05, 0.1) is 9.95 Å². The van der Waals surface area contributed by atoms with E-state index in [0.29, 0.717) is 18.1 Å². The highest BCUT2D eigenvalue weighted by Gasteiger charge is 2.11. The molecule has 0 fully saturated rings. The first-order valence-electron chi connectivity index (χ1n) is 5.77. The van der Waals surface area contributed by atoms with Crippen molar-refractivity contribution in [2.75, 3.05) is 5.32 Å². The Balaban J connectivity index is 2.09. The van der Waals surface area contributed by atoms with Crippen LogP contribution in [0.2, 0.25) is 5.02 Å². The zero-order valence-electron chi connectivity index (χ0n) is 10.6. The Labute approximate surface area is 119 Å². The molecule has 1 aromatic heterocycles. The summed E-state index contributed by atoms with van der Waals surface area (Å²) in [5.41, 5.74) is 1.09. The summed E-state index contributed by atoms with van der Waals surface area (Å²) in [6, 6.07) is 7.32. The minimum atomic E-state index is -0.480. The number of benzene rings is 1. The molecule has 0 saturated heterocycles. The SMILES string of the molecule is Cc1nc(NCc2ccc(F)c(Cl)c2)ccc1[N+](=O)[O-]. The molecule has 0 aliphatic heterocycles. The molecule has 5 nitrogen and oxygen atoms in total. The Morgan fingerprint density at radius 3 is 2.75 bits per heavy atom. The Bertz CT molecular complexity index is 664. The second-order valence-electron chi connectivity index (χ2n) is 4.16. The smallest absolute Gasteiger partial charge is 0.290 e. The Kier molecular flexibility index (Phi) is 4.14. The molecule has 7 heteroatoms. The van der Waals surface area contributed by atoms with Crippen molar-refractivity contribution in [2.45, 2.75) is 13.5 Å². The van der Waals surface area contributed by atoms with Gasteiger partial charge in [-0.2, -0.15) is 0 Å². The number of nitro groups is 1. The summed E-state index contributed by atoms with van der Waals surface area (Å²) in [5.74, 6) is 0.0354. The van der Waals surface area contributed by atoms with Crippen LogP contribution in [0.25, 0.3) is 0 Å². The lowest BCUT2D eigenvalue weighted by Gasteiger charge is -2.07. The van der Waals surface area contributed by atoms with Gasteiger partial charge in [-0.15, -0.1) is 0 Å². The maximum Gasteiger partial charge on any atom is 0.290 e. The number of nitrogens with zero attached hydrogens (tertiary/aromatic N) is 2. The monoisotopic (exact) mass is 295 g/mol. The Morgan fingerprint density at radius 2 is 2.15 bits per heavy atom. The minimum Gasteiger partial charge on any atom is -0.366 e. The van der Waals surface area contributed by atoms with Crippen LogP contribution in [0.3, 0.4) is 0 Å². The van der Waals surface area contributed by atoms with E-state index in [2.05, 4.69) is 10.3 Å². The van der Waals surface area contributed by atoms with Gasteiger partial charge in [0.2, 0.25) is 0 Å².